The average molecular weight is 301 g/mol. The number of nitro benzene ring substituents is 1. The van der Waals surface area contributed by atoms with E-state index in [1.165, 1.54) is 26.4 Å². The van der Waals surface area contributed by atoms with Crippen molar-refractivity contribution in [2.75, 3.05) is 14.2 Å². The second-order valence-electron chi connectivity index (χ2n) is 4.60. The maximum absolute atomic E-state index is 12.7. The standard InChI is InChI=1S/C16H15NO5/c1-10-12(5-4-6-14(10)17(19)20)16(18)13-8-7-11(21-2)9-15(13)22-3/h4-9H,1-3H3. The van der Waals surface area contributed by atoms with Crippen molar-refractivity contribution >= 4 is 11.5 Å². The fourth-order valence-electron chi connectivity index (χ4n) is 2.20. The summed E-state index contributed by atoms with van der Waals surface area (Å²) in [6, 6.07) is 9.25. The van der Waals surface area contributed by atoms with Gasteiger partial charge in [-0.3, -0.25) is 14.9 Å². The van der Waals surface area contributed by atoms with Crippen LogP contribution in [0.3, 0.4) is 0 Å². The van der Waals surface area contributed by atoms with Crippen LogP contribution in [0.2, 0.25) is 0 Å². The lowest BCUT2D eigenvalue weighted by molar-refractivity contribution is -0.385. The van der Waals surface area contributed by atoms with Crippen molar-refractivity contribution in [2.24, 2.45) is 0 Å². The number of rotatable bonds is 5. The Bertz CT molecular complexity index is 739. The SMILES string of the molecule is COc1ccc(C(=O)c2cccc([N+](=O)[O-])c2C)c(OC)c1. The average Bonchev–Trinajstić information content (AvgIpc) is 2.53. The van der Waals surface area contributed by atoms with Crippen molar-refractivity contribution < 1.29 is 19.2 Å². The number of nitro groups is 1. The minimum absolute atomic E-state index is 0.0849. The van der Waals surface area contributed by atoms with E-state index >= 15 is 0 Å². The van der Waals surface area contributed by atoms with Crippen LogP contribution >= 0.6 is 0 Å². The molecule has 6 nitrogen and oxygen atoms in total. The van der Waals surface area contributed by atoms with Gasteiger partial charge in [0, 0.05) is 23.3 Å². The van der Waals surface area contributed by atoms with Gasteiger partial charge in [0.15, 0.2) is 5.78 Å². The molecule has 6 heteroatoms. The summed E-state index contributed by atoms with van der Waals surface area (Å²) < 4.78 is 10.3. The number of hydrogen-bond donors (Lipinski definition) is 0. The largest absolute Gasteiger partial charge is 0.497 e. The van der Waals surface area contributed by atoms with Crippen LogP contribution in [-0.4, -0.2) is 24.9 Å². The Morgan fingerprint density at radius 2 is 1.82 bits per heavy atom. The van der Waals surface area contributed by atoms with Gasteiger partial charge in [-0.15, -0.1) is 0 Å². The van der Waals surface area contributed by atoms with E-state index in [0.717, 1.165) is 0 Å². The van der Waals surface area contributed by atoms with Crippen LogP contribution in [0.4, 0.5) is 5.69 Å². The number of carbonyl (C=O) groups is 1. The molecule has 0 radical (unpaired) electrons. The molecule has 22 heavy (non-hydrogen) atoms. The van der Waals surface area contributed by atoms with Crippen LogP contribution in [0.5, 0.6) is 11.5 Å². The van der Waals surface area contributed by atoms with Gasteiger partial charge in [0.25, 0.3) is 5.69 Å². The van der Waals surface area contributed by atoms with E-state index < -0.39 is 4.92 Å². The van der Waals surface area contributed by atoms with Crippen LogP contribution in [-0.2, 0) is 0 Å². The predicted molar refractivity (Wildman–Crippen MR) is 80.8 cm³/mol. The number of hydrogen-bond acceptors (Lipinski definition) is 5. The molecule has 0 aliphatic rings. The number of ketones is 1. The topological polar surface area (TPSA) is 78.7 Å². The van der Waals surface area contributed by atoms with Gasteiger partial charge in [0.05, 0.1) is 24.7 Å². The molecule has 0 atom stereocenters. The van der Waals surface area contributed by atoms with Gasteiger partial charge in [-0.05, 0) is 19.1 Å². The monoisotopic (exact) mass is 301 g/mol. The fraction of sp³-hybridized carbons (Fsp3) is 0.188. The molecule has 0 fully saturated rings. The first-order valence-electron chi connectivity index (χ1n) is 6.50. The van der Waals surface area contributed by atoms with Crippen LogP contribution < -0.4 is 9.47 Å². The first-order valence-corrected chi connectivity index (χ1v) is 6.50. The summed E-state index contributed by atoms with van der Waals surface area (Å²) in [5, 5.41) is 11.0. The maximum Gasteiger partial charge on any atom is 0.273 e. The van der Waals surface area contributed by atoms with Gasteiger partial charge in [0.1, 0.15) is 11.5 Å². The first-order chi connectivity index (χ1) is 10.5. The summed E-state index contributed by atoms with van der Waals surface area (Å²) in [5.41, 5.74) is 0.846. The van der Waals surface area contributed by atoms with Crippen molar-refractivity contribution in [2.45, 2.75) is 6.92 Å². The molecule has 0 saturated heterocycles. The summed E-state index contributed by atoms with van der Waals surface area (Å²) in [7, 11) is 2.97. The molecular weight excluding hydrogens is 286 g/mol. The zero-order valence-electron chi connectivity index (χ0n) is 12.5. The summed E-state index contributed by atoms with van der Waals surface area (Å²) in [6.07, 6.45) is 0. The minimum atomic E-state index is -0.503. The Morgan fingerprint density at radius 1 is 1.09 bits per heavy atom. The Kier molecular flexibility index (Phi) is 4.41. The number of carbonyl (C=O) groups excluding carboxylic acids is 1. The van der Waals surface area contributed by atoms with Crippen molar-refractivity contribution in [3.05, 3.63) is 63.2 Å². The second-order valence-corrected chi connectivity index (χ2v) is 4.60. The van der Waals surface area contributed by atoms with Gasteiger partial charge in [-0.2, -0.15) is 0 Å². The molecule has 0 N–H and O–H groups in total. The van der Waals surface area contributed by atoms with Crippen molar-refractivity contribution in [3.8, 4) is 11.5 Å². The molecule has 2 aromatic rings. The Morgan fingerprint density at radius 3 is 2.41 bits per heavy atom. The first kappa shape index (κ1) is 15.5. The molecule has 0 bridgehead atoms. The fourth-order valence-corrected chi connectivity index (χ4v) is 2.20. The normalized spacial score (nSPS) is 10.1. The smallest absolute Gasteiger partial charge is 0.273 e. The van der Waals surface area contributed by atoms with E-state index in [4.69, 9.17) is 9.47 Å². The number of ether oxygens (including phenoxy) is 2. The number of benzene rings is 2. The second kappa shape index (κ2) is 6.26. The lowest BCUT2D eigenvalue weighted by atomic mass is 9.97. The quantitative estimate of drug-likeness (QED) is 0.481. The number of methoxy groups -OCH3 is 2. The summed E-state index contributed by atoms with van der Waals surface area (Å²) in [4.78, 5) is 23.2. The summed E-state index contributed by atoms with van der Waals surface area (Å²) >= 11 is 0. The third-order valence-electron chi connectivity index (χ3n) is 3.40. The van der Waals surface area contributed by atoms with Gasteiger partial charge >= 0.3 is 0 Å². The minimum Gasteiger partial charge on any atom is -0.497 e. The predicted octanol–water partition coefficient (Wildman–Crippen LogP) is 3.15. The lowest BCUT2D eigenvalue weighted by Gasteiger charge is -2.11. The summed E-state index contributed by atoms with van der Waals surface area (Å²) in [5.74, 6) is 0.583. The third kappa shape index (κ3) is 2.76. The number of nitrogens with zero attached hydrogens (tertiary/aromatic N) is 1. The molecule has 0 heterocycles. The highest BCUT2D eigenvalue weighted by Gasteiger charge is 2.21. The molecule has 0 amide bonds. The van der Waals surface area contributed by atoms with Gasteiger partial charge in [-0.25, -0.2) is 0 Å². The zero-order valence-corrected chi connectivity index (χ0v) is 12.5. The highest BCUT2D eigenvalue weighted by atomic mass is 16.6. The van der Waals surface area contributed by atoms with E-state index in [0.29, 0.717) is 22.6 Å². The van der Waals surface area contributed by atoms with E-state index in [2.05, 4.69) is 0 Å². The maximum atomic E-state index is 12.7. The van der Waals surface area contributed by atoms with Gasteiger partial charge in [-0.1, -0.05) is 12.1 Å². The molecule has 0 saturated carbocycles. The molecule has 0 aromatic heterocycles. The molecule has 0 unspecified atom stereocenters. The third-order valence-corrected chi connectivity index (χ3v) is 3.40. The van der Waals surface area contributed by atoms with Crippen LogP contribution in [0.25, 0.3) is 0 Å². The Balaban J connectivity index is 2.53. The molecular formula is C16H15NO5. The highest BCUT2D eigenvalue weighted by molar-refractivity contribution is 6.12. The molecule has 2 rings (SSSR count). The molecule has 0 aliphatic heterocycles. The van der Waals surface area contributed by atoms with Crippen LogP contribution in [0.1, 0.15) is 21.5 Å². The molecule has 2 aromatic carbocycles. The van der Waals surface area contributed by atoms with Crippen molar-refractivity contribution in [1.82, 2.24) is 0 Å². The summed E-state index contributed by atoms with van der Waals surface area (Å²) in [6.45, 7) is 1.56. The lowest BCUT2D eigenvalue weighted by Crippen LogP contribution is -2.07. The molecule has 0 aliphatic carbocycles. The van der Waals surface area contributed by atoms with E-state index in [1.54, 1.807) is 31.2 Å². The van der Waals surface area contributed by atoms with Crippen LogP contribution in [0, 0.1) is 17.0 Å². The van der Waals surface area contributed by atoms with Crippen molar-refractivity contribution in [3.63, 3.8) is 0 Å². The molecule has 114 valence electrons. The van der Waals surface area contributed by atoms with E-state index in [9.17, 15) is 14.9 Å². The van der Waals surface area contributed by atoms with Crippen LogP contribution in [0.15, 0.2) is 36.4 Å². The Hall–Kier alpha value is -2.89. The zero-order chi connectivity index (χ0) is 16.3. The van der Waals surface area contributed by atoms with Gasteiger partial charge in [0.2, 0.25) is 0 Å². The molecule has 0 spiro atoms. The Labute approximate surface area is 127 Å². The van der Waals surface area contributed by atoms with Gasteiger partial charge < -0.3 is 9.47 Å². The van der Waals surface area contributed by atoms with E-state index in [1.807, 2.05) is 0 Å². The highest BCUT2D eigenvalue weighted by Crippen LogP contribution is 2.29. The van der Waals surface area contributed by atoms with Crippen molar-refractivity contribution in [1.29, 1.82) is 0 Å². The van der Waals surface area contributed by atoms with E-state index in [-0.39, 0.29) is 17.0 Å².